The van der Waals surface area contributed by atoms with Crippen LogP contribution in [0.2, 0.25) is 5.02 Å². The van der Waals surface area contributed by atoms with Crippen molar-refractivity contribution >= 4 is 50.5 Å². The lowest BCUT2D eigenvalue weighted by Crippen LogP contribution is -2.38. The maximum Gasteiger partial charge on any atom is 0.264 e. The van der Waals surface area contributed by atoms with E-state index in [1.165, 1.54) is 24.3 Å². The van der Waals surface area contributed by atoms with Gasteiger partial charge in [-0.1, -0.05) is 50.6 Å². The molecule has 0 spiro atoms. The van der Waals surface area contributed by atoms with Gasteiger partial charge in [-0.2, -0.15) is 0 Å². The topological polar surface area (TPSA) is 105 Å². The third-order valence-electron chi connectivity index (χ3n) is 6.54. The number of benzene rings is 4. The van der Waals surface area contributed by atoms with E-state index in [0.29, 0.717) is 34.3 Å². The SMILES string of the molecule is CCOc1ccc(N(CC(=O)Nc2cccc(NC(=O)c3ccc(C(C)(C)C)cc3)c2)S(=O)(=O)c2ccc(Cl)cc2)cc1. The minimum atomic E-state index is -4.13. The first kappa shape index (κ1) is 31.6. The van der Waals surface area contributed by atoms with Crippen LogP contribution in [-0.2, 0) is 20.2 Å². The van der Waals surface area contributed by atoms with Crippen molar-refractivity contribution < 1.29 is 22.7 Å². The summed E-state index contributed by atoms with van der Waals surface area (Å²) in [5.74, 6) is -0.295. The molecule has 0 aliphatic rings. The van der Waals surface area contributed by atoms with E-state index >= 15 is 0 Å². The third-order valence-corrected chi connectivity index (χ3v) is 8.58. The van der Waals surface area contributed by atoms with Crippen LogP contribution in [0.4, 0.5) is 17.1 Å². The predicted octanol–water partition coefficient (Wildman–Crippen LogP) is 7.12. The van der Waals surface area contributed by atoms with E-state index in [4.69, 9.17) is 16.3 Å². The Morgan fingerprint density at radius 2 is 1.44 bits per heavy atom. The Bertz CT molecular complexity index is 1680. The van der Waals surface area contributed by atoms with Crippen LogP contribution in [0.5, 0.6) is 5.75 Å². The van der Waals surface area contributed by atoms with Crippen molar-refractivity contribution in [2.75, 3.05) is 28.1 Å². The van der Waals surface area contributed by atoms with E-state index in [2.05, 4.69) is 31.4 Å². The Morgan fingerprint density at radius 3 is 2.02 bits per heavy atom. The van der Waals surface area contributed by atoms with Gasteiger partial charge in [0, 0.05) is 22.0 Å². The van der Waals surface area contributed by atoms with Crippen molar-refractivity contribution in [1.82, 2.24) is 0 Å². The first-order valence-corrected chi connectivity index (χ1v) is 15.5. The molecule has 0 aliphatic heterocycles. The molecular weight excluding hydrogens is 586 g/mol. The van der Waals surface area contributed by atoms with E-state index in [0.717, 1.165) is 9.87 Å². The van der Waals surface area contributed by atoms with Crippen LogP contribution in [0.3, 0.4) is 0 Å². The Morgan fingerprint density at radius 1 is 0.837 bits per heavy atom. The van der Waals surface area contributed by atoms with E-state index < -0.39 is 22.5 Å². The molecule has 4 aromatic carbocycles. The van der Waals surface area contributed by atoms with Gasteiger partial charge < -0.3 is 15.4 Å². The molecule has 0 fully saturated rings. The van der Waals surface area contributed by atoms with Gasteiger partial charge >= 0.3 is 0 Å². The van der Waals surface area contributed by atoms with E-state index in [1.54, 1.807) is 60.7 Å². The number of rotatable bonds is 10. The summed E-state index contributed by atoms with van der Waals surface area (Å²) in [6.45, 7) is 8.11. The summed E-state index contributed by atoms with van der Waals surface area (Å²) in [5, 5.41) is 5.97. The Labute approximate surface area is 257 Å². The van der Waals surface area contributed by atoms with E-state index in [9.17, 15) is 18.0 Å². The maximum absolute atomic E-state index is 13.7. The van der Waals surface area contributed by atoms with Crippen LogP contribution >= 0.6 is 11.6 Å². The van der Waals surface area contributed by atoms with Gasteiger partial charge in [0.2, 0.25) is 5.91 Å². The maximum atomic E-state index is 13.7. The quantitative estimate of drug-likeness (QED) is 0.197. The molecule has 0 unspecified atom stereocenters. The summed E-state index contributed by atoms with van der Waals surface area (Å²) >= 11 is 5.97. The van der Waals surface area contributed by atoms with Crippen molar-refractivity contribution in [3.05, 3.63) is 113 Å². The molecule has 4 aromatic rings. The standard InChI is InChI=1S/C33H34ClN3O5S/c1-5-42-29-17-15-28(16-18-29)37(43(40,41)30-19-13-25(34)14-20-30)22-31(38)35-26-7-6-8-27(21-26)36-32(39)23-9-11-24(12-10-23)33(2,3)4/h6-21H,5,22H2,1-4H3,(H,35,38)(H,36,39). The lowest BCUT2D eigenvalue weighted by atomic mass is 9.87. The number of amides is 2. The summed E-state index contributed by atoms with van der Waals surface area (Å²) in [6.07, 6.45) is 0. The molecule has 43 heavy (non-hydrogen) atoms. The van der Waals surface area contributed by atoms with Gasteiger partial charge in [-0.25, -0.2) is 8.42 Å². The number of sulfonamides is 1. The molecule has 2 amide bonds. The fourth-order valence-electron chi connectivity index (χ4n) is 4.25. The van der Waals surface area contributed by atoms with Crippen LogP contribution in [0, 0.1) is 0 Å². The Hall–Kier alpha value is -4.34. The van der Waals surface area contributed by atoms with Crippen molar-refractivity contribution in [2.24, 2.45) is 0 Å². The largest absolute Gasteiger partial charge is 0.494 e. The second-order valence-corrected chi connectivity index (χ2v) is 13.1. The molecule has 224 valence electrons. The number of carbonyl (C=O) groups is 2. The Balaban J connectivity index is 1.51. The minimum Gasteiger partial charge on any atom is -0.494 e. The highest BCUT2D eigenvalue weighted by molar-refractivity contribution is 7.92. The summed E-state index contributed by atoms with van der Waals surface area (Å²) in [6, 6.07) is 26.2. The number of carbonyl (C=O) groups excluding carboxylic acids is 2. The predicted molar refractivity (Wildman–Crippen MR) is 172 cm³/mol. The number of halogens is 1. The zero-order chi connectivity index (χ0) is 31.2. The van der Waals surface area contributed by atoms with Crippen molar-refractivity contribution in [3.63, 3.8) is 0 Å². The monoisotopic (exact) mass is 619 g/mol. The molecule has 8 nitrogen and oxygen atoms in total. The average Bonchev–Trinajstić information content (AvgIpc) is 2.96. The fraction of sp³-hybridized carbons (Fsp3) is 0.212. The molecular formula is C33H34ClN3O5S. The molecule has 0 aliphatic carbocycles. The van der Waals surface area contributed by atoms with Gasteiger partial charge in [0.15, 0.2) is 0 Å². The third kappa shape index (κ3) is 8.15. The average molecular weight is 620 g/mol. The smallest absolute Gasteiger partial charge is 0.264 e. The van der Waals surface area contributed by atoms with Gasteiger partial charge in [-0.3, -0.25) is 13.9 Å². The zero-order valence-electron chi connectivity index (χ0n) is 24.4. The molecule has 0 radical (unpaired) electrons. The van der Waals surface area contributed by atoms with Gasteiger partial charge in [0.1, 0.15) is 12.3 Å². The number of nitrogens with one attached hydrogen (secondary N) is 2. The van der Waals surface area contributed by atoms with E-state index in [-0.39, 0.29) is 21.9 Å². The van der Waals surface area contributed by atoms with Gasteiger partial charge in [0.25, 0.3) is 15.9 Å². The summed E-state index contributed by atoms with van der Waals surface area (Å²) in [4.78, 5) is 26.1. The van der Waals surface area contributed by atoms with Gasteiger partial charge in [-0.15, -0.1) is 0 Å². The van der Waals surface area contributed by atoms with Crippen LogP contribution in [0.15, 0.2) is 102 Å². The fourth-order valence-corrected chi connectivity index (χ4v) is 5.80. The van der Waals surface area contributed by atoms with Gasteiger partial charge in [0.05, 0.1) is 17.2 Å². The summed E-state index contributed by atoms with van der Waals surface area (Å²) in [7, 11) is -4.13. The summed E-state index contributed by atoms with van der Waals surface area (Å²) in [5.41, 5.74) is 2.73. The van der Waals surface area contributed by atoms with Crippen LogP contribution in [0.1, 0.15) is 43.6 Å². The normalized spacial score (nSPS) is 11.5. The van der Waals surface area contributed by atoms with Crippen molar-refractivity contribution in [2.45, 2.75) is 38.0 Å². The number of nitrogens with zero attached hydrogens (tertiary/aromatic N) is 1. The lowest BCUT2D eigenvalue weighted by molar-refractivity contribution is -0.114. The highest BCUT2D eigenvalue weighted by Gasteiger charge is 2.27. The lowest BCUT2D eigenvalue weighted by Gasteiger charge is -2.24. The minimum absolute atomic E-state index is 0.0150. The highest BCUT2D eigenvalue weighted by Crippen LogP contribution is 2.27. The second kappa shape index (κ2) is 13.3. The molecule has 10 heteroatoms. The van der Waals surface area contributed by atoms with Crippen molar-refractivity contribution in [3.8, 4) is 5.75 Å². The first-order chi connectivity index (χ1) is 20.4. The number of hydrogen-bond acceptors (Lipinski definition) is 5. The van der Waals surface area contributed by atoms with Gasteiger partial charge in [-0.05, 0) is 96.8 Å². The van der Waals surface area contributed by atoms with Crippen molar-refractivity contribution in [1.29, 1.82) is 0 Å². The van der Waals surface area contributed by atoms with E-state index in [1.807, 2.05) is 19.1 Å². The molecule has 0 bridgehead atoms. The molecule has 4 rings (SSSR count). The highest BCUT2D eigenvalue weighted by atomic mass is 35.5. The molecule has 0 atom stereocenters. The zero-order valence-corrected chi connectivity index (χ0v) is 26.0. The second-order valence-electron chi connectivity index (χ2n) is 10.8. The molecule has 0 saturated carbocycles. The summed E-state index contributed by atoms with van der Waals surface area (Å²) < 4.78 is 33.8. The van der Waals surface area contributed by atoms with Crippen LogP contribution in [-0.4, -0.2) is 33.4 Å². The van der Waals surface area contributed by atoms with Crippen LogP contribution < -0.4 is 19.7 Å². The first-order valence-electron chi connectivity index (χ1n) is 13.7. The number of ether oxygens (including phenoxy) is 1. The Kier molecular flexibility index (Phi) is 9.78. The molecule has 0 heterocycles. The molecule has 2 N–H and O–H groups in total. The molecule has 0 saturated heterocycles. The molecule has 0 aromatic heterocycles. The number of anilines is 3. The number of hydrogen-bond donors (Lipinski definition) is 2. The van der Waals surface area contributed by atoms with Crippen LogP contribution in [0.25, 0.3) is 0 Å².